The van der Waals surface area contributed by atoms with Gasteiger partial charge in [-0.1, -0.05) is 18.2 Å². The molecule has 0 aliphatic heterocycles. The SMILES string of the molecule is CN(C)c1cc(C(=O)O)cc(S(N)(=O)=O)c1Oc1ccccc1. The maximum absolute atomic E-state index is 11.9. The lowest BCUT2D eigenvalue weighted by atomic mass is 10.1. The van der Waals surface area contributed by atoms with E-state index < -0.39 is 16.0 Å². The summed E-state index contributed by atoms with van der Waals surface area (Å²) in [5.74, 6) is -0.874. The van der Waals surface area contributed by atoms with Gasteiger partial charge in [0.1, 0.15) is 10.6 Å². The third-order valence-corrected chi connectivity index (χ3v) is 3.95. The van der Waals surface area contributed by atoms with Gasteiger partial charge in [-0.25, -0.2) is 18.4 Å². The van der Waals surface area contributed by atoms with E-state index in [2.05, 4.69) is 0 Å². The Morgan fingerprint density at radius 2 is 1.78 bits per heavy atom. The standard InChI is InChI=1S/C15H16N2O5S/c1-17(2)12-8-10(15(18)19)9-13(23(16,20)21)14(12)22-11-6-4-3-5-7-11/h3-9H,1-2H3,(H,18,19)(H2,16,20,21). The number of rotatable bonds is 5. The molecule has 0 aromatic heterocycles. The Morgan fingerprint density at radius 3 is 2.26 bits per heavy atom. The van der Waals surface area contributed by atoms with Crippen molar-refractivity contribution in [1.29, 1.82) is 0 Å². The third-order valence-electron chi connectivity index (χ3n) is 3.03. The molecule has 23 heavy (non-hydrogen) atoms. The van der Waals surface area contributed by atoms with Crippen molar-refractivity contribution in [2.45, 2.75) is 4.90 Å². The highest BCUT2D eigenvalue weighted by molar-refractivity contribution is 7.89. The molecule has 0 saturated carbocycles. The molecule has 0 radical (unpaired) electrons. The summed E-state index contributed by atoms with van der Waals surface area (Å²) in [5, 5.41) is 14.4. The fourth-order valence-corrected chi connectivity index (χ4v) is 2.66. The first-order valence-electron chi connectivity index (χ1n) is 6.54. The molecular formula is C15H16N2O5S. The highest BCUT2D eigenvalue weighted by Crippen LogP contribution is 2.38. The highest BCUT2D eigenvalue weighted by Gasteiger charge is 2.24. The minimum absolute atomic E-state index is 0.0197. The number of benzene rings is 2. The molecule has 7 nitrogen and oxygen atoms in total. The molecule has 0 spiro atoms. The molecule has 0 heterocycles. The van der Waals surface area contributed by atoms with Crippen molar-refractivity contribution in [2.75, 3.05) is 19.0 Å². The normalized spacial score (nSPS) is 11.1. The number of nitrogens with two attached hydrogens (primary N) is 1. The van der Waals surface area contributed by atoms with Crippen molar-refractivity contribution < 1.29 is 23.1 Å². The molecule has 0 fully saturated rings. The summed E-state index contributed by atoms with van der Waals surface area (Å²) in [6.45, 7) is 0. The minimum Gasteiger partial charge on any atom is -0.478 e. The number of aromatic carboxylic acids is 1. The first kappa shape index (κ1) is 16.8. The number of hydrogen-bond donors (Lipinski definition) is 2. The Kier molecular flexibility index (Phi) is 4.57. The van der Waals surface area contributed by atoms with E-state index in [0.29, 0.717) is 5.75 Å². The third kappa shape index (κ3) is 3.79. The van der Waals surface area contributed by atoms with Crippen LogP contribution in [0.1, 0.15) is 10.4 Å². The molecule has 0 atom stereocenters. The van der Waals surface area contributed by atoms with Gasteiger partial charge in [-0.05, 0) is 24.3 Å². The number of hydrogen-bond acceptors (Lipinski definition) is 5. The van der Waals surface area contributed by atoms with Gasteiger partial charge in [-0.15, -0.1) is 0 Å². The predicted octanol–water partition coefficient (Wildman–Crippen LogP) is 1.89. The zero-order valence-electron chi connectivity index (χ0n) is 12.6. The lowest BCUT2D eigenvalue weighted by Gasteiger charge is -2.20. The average molecular weight is 336 g/mol. The Balaban J connectivity index is 2.73. The van der Waals surface area contributed by atoms with Crippen molar-refractivity contribution in [3.8, 4) is 11.5 Å². The van der Waals surface area contributed by atoms with Crippen LogP contribution in [0.5, 0.6) is 11.5 Å². The summed E-state index contributed by atoms with van der Waals surface area (Å²) in [6, 6.07) is 10.9. The van der Waals surface area contributed by atoms with Gasteiger partial charge in [-0.3, -0.25) is 0 Å². The molecule has 0 aliphatic rings. The number of nitrogens with zero attached hydrogens (tertiary/aromatic N) is 1. The highest BCUT2D eigenvalue weighted by atomic mass is 32.2. The molecule has 0 aliphatic carbocycles. The van der Waals surface area contributed by atoms with Crippen LogP contribution in [0.25, 0.3) is 0 Å². The van der Waals surface area contributed by atoms with Crippen LogP contribution in [0.2, 0.25) is 0 Å². The van der Waals surface area contributed by atoms with Crippen LogP contribution in [-0.4, -0.2) is 33.6 Å². The Hall–Kier alpha value is -2.58. The second-order valence-corrected chi connectivity index (χ2v) is 6.51. The summed E-state index contributed by atoms with van der Waals surface area (Å²) >= 11 is 0. The summed E-state index contributed by atoms with van der Waals surface area (Å²) in [5.41, 5.74) is 0.0934. The number of ether oxygens (including phenoxy) is 1. The topological polar surface area (TPSA) is 110 Å². The average Bonchev–Trinajstić information content (AvgIpc) is 2.46. The first-order valence-corrected chi connectivity index (χ1v) is 8.09. The predicted molar refractivity (Wildman–Crippen MR) is 85.6 cm³/mol. The number of carbonyl (C=O) groups is 1. The maximum Gasteiger partial charge on any atom is 0.335 e. The van der Waals surface area contributed by atoms with Crippen molar-refractivity contribution >= 4 is 21.7 Å². The summed E-state index contributed by atoms with van der Waals surface area (Å²) < 4.78 is 29.4. The van der Waals surface area contributed by atoms with Crippen LogP contribution in [0.15, 0.2) is 47.4 Å². The van der Waals surface area contributed by atoms with E-state index in [9.17, 15) is 13.2 Å². The minimum atomic E-state index is -4.18. The van der Waals surface area contributed by atoms with E-state index in [1.807, 2.05) is 0 Å². The molecule has 122 valence electrons. The first-order chi connectivity index (χ1) is 10.7. The molecule has 3 N–H and O–H groups in total. The van der Waals surface area contributed by atoms with Gasteiger partial charge in [-0.2, -0.15) is 0 Å². The molecular weight excluding hydrogens is 320 g/mol. The van der Waals surface area contributed by atoms with Crippen molar-refractivity contribution in [1.82, 2.24) is 0 Å². The van der Waals surface area contributed by atoms with Gasteiger partial charge in [0.05, 0.1) is 11.3 Å². The smallest absolute Gasteiger partial charge is 0.335 e. The molecule has 2 aromatic rings. The quantitative estimate of drug-likeness (QED) is 0.863. The van der Waals surface area contributed by atoms with Crippen LogP contribution in [0.3, 0.4) is 0 Å². The van der Waals surface area contributed by atoms with Crippen LogP contribution in [0.4, 0.5) is 5.69 Å². The van der Waals surface area contributed by atoms with E-state index in [4.69, 9.17) is 15.0 Å². The summed E-state index contributed by atoms with van der Waals surface area (Å²) in [6.07, 6.45) is 0. The second kappa shape index (κ2) is 6.27. The number of carboxylic acid groups (broad SMARTS) is 1. The molecule has 8 heteroatoms. The number of sulfonamides is 1. The monoisotopic (exact) mass is 336 g/mol. The van der Waals surface area contributed by atoms with Gasteiger partial charge in [0.15, 0.2) is 5.75 Å². The van der Waals surface area contributed by atoms with Crippen LogP contribution in [-0.2, 0) is 10.0 Å². The van der Waals surface area contributed by atoms with Gasteiger partial charge in [0.25, 0.3) is 0 Å². The molecule has 0 bridgehead atoms. The Labute approximate surface area is 134 Å². The largest absolute Gasteiger partial charge is 0.478 e. The van der Waals surface area contributed by atoms with Crippen LogP contribution < -0.4 is 14.8 Å². The fraction of sp³-hybridized carbons (Fsp3) is 0.133. The van der Waals surface area contributed by atoms with E-state index in [1.54, 1.807) is 49.3 Å². The van der Waals surface area contributed by atoms with E-state index in [0.717, 1.165) is 6.07 Å². The van der Waals surface area contributed by atoms with Gasteiger partial charge < -0.3 is 14.7 Å². The van der Waals surface area contributed by atoms with E-state index in [-0.39, 0.29) is 21.9 Å². The van der Waals surface area contributed by atoms with Crippen molar-refractivity contribution in [3.63, 3.8) is 0 Å². The fourth-order valence-electron chi connectivity index (χ4n) is 1.96. The lowest BCUT2D eigenvalue weighted by molar-refractivity contribution is 0.0696. The zero-order valence-corrected chi connectivity index (χ0v) is 13.4. The molecule has 0 saturated heterocycles. The van der Waals surface area contributed by atoms with Crippen molar-refractivity contribution in [3.05, 3.63) is 48.0 Å². The number of anilines is 1. The molecule has 0 amide bonds. The number of primary sulfonamides is 1. The van der Waals surface area contributed by atoms with E-state index >= 15 is 0 Å². The lowest BCUT2D eigenvalue weighted by Crippen LogP contribution is -2.18. The Morgan fingerprint density at radius 1 is 1.17 bits per heavy atom. The summed E-state index contributed by atoms with van der Waals surface area (Å²) in [7, 11) is -0.891. The van der Waals surface area contributed by atoms with Gasteiger partial charge in [0.2, 0.25) is 10.0 Å². The number of para-hydroxylation sites is 1. The van der Waals surface area contributed by atoms with Crippen LogP contribution in [0, 0.1) is 0 Å². The maximum atomic E-state index is 11.9. The zero-order chi connectivity index (χ0) is 17.2. The van der Waals surface area contributed by atoms with Crippen LogP contribution >= 0.6 is 0 Å². The van der Waals surface area contributed by atoms with Gasteiger partial charge in [0, 0.05) is 14.1 Å². The van der Waals surface area contributed by atoms with E-state index in [1.165, 1.54) is 6.07 Å². The Bertz CT molecular complexity index is 832. The molecule has 2 aromatic carbocycles. The summed E-state index contributed by atoms with van der Waals surface area (Å²) in [4.78, 5) is 12.4. The second-order valence-electron chi connectivity index (χ2n) is 4.98. The molecule has 0 unspecified atom stereocenters. The van der Waals surface area contributed by atoms with Gasteiger partial charge >= 0.3 is 5.97 Å². The number of carboxylic acids is 1. The molecule has 2 rings (SSSR count). The van der Waals surface area contributed by atoms with Crippen molar-refractivity contribution in [2.24, 2.45) is 5.14 Å².